The van der Waals surface area contributed by atoms with Crippen LogP contribution >= 0.6 is 0 Å². The third-order valence-electron chi connectivity index (χ3n) is 4.00. The van der Waals surface area contributed by atoms with Gasteiger partial charge in [0.2, 0.25) is 0 Å². The number of hydrogen-bond donors (Lipinski definition) is 1. The number of nitrogens with two attached hydrogens (primary N) is 1. The summed E-state index contributed by atoms with van der Waals surface area (Å²) in [6, 6.07) is 6.46. The Morgan fingerprint density at radius 2 is 2.10 bits per heavy atom. The number of hydrogen-bond acceptors (Lipinski definition) is 4. The highest BCUT2D eigenvalue weighted by Gasteiger charge is 2.17. The van der Waals surface area contributed by atoms with E-state index in [-0.39, 0.29) is 0 Å². The SMILES string of the molecule is Cc1ccc(OCc2ccn(C3CCCC3)n2)c(CN)n1. The van der Waals surface area contributed by atoms with Crippen LogP contribution < -0.4 is 10.5 Å². The maximum atomic E-state index is 5.83. The van der Waals surface area contributed by atoms with Crippen LogP contribution in [0.2, 0.25) is 0 Å². The average molecular weight is 286 g/mol. The highest BCUT2D eigenvalue weighted by atomic mass is 16.5. The van der Waals surface area contributed by atoms with Gasteiger partial charge >= 0.3 is 0 Å². The van der Waals surface area contributed by atoms with Crippen LogP contribution in [-0.4, -0.2) is 14.8 Å². The summed E-state index contributed by atoms with van der Waals surface area (Å²) in [4.78, 5) is 4.40. The van der Waals surface area contributed by atoms with Gasteiger partial charge in [-0.25, -0.2) is 0 Å². The predicted octanol–water partition coefficient (Wildman–Crippen LogP) is 2.74. The second-order valence-corrected chi connectivity index (χ2v) is 5.62. The van der Waals surface area contributed by atoms with Gasteiger partial charge in [0.15, 0.2) is 0 Å². The first-order chi connectivity index (χ1) is 10.3. The van der Waals surface area contributed by atoms with Crippen molar-refractivity contribution in [2.24, 2.45) is 5.73 Å². The Morgan fingerprint density at radius 1 is 1.29 bits per heavy atom. The predicted molar refractivity (Wildman–Crippen MR) is 80.9 cm³/mol. The second-order valence-electron chi connectivity index (χ2n) is 5.62. The fraction of sp³-hybridized carbons (Fsp3) is 0.500. The van der Waals surface area contributed by atoms with Gasteiger partial charge < -0.3 is 10.5 Å². The molecule has 1 saturated carbocycles. The molecule has 21 heavy (non-hydrogen) atoms. The Kier molecular flexibility index (Phi) is 4.20. The molecule has 0 aliphatic heterocycles. The summed E-state index contributed by atoms with van der Waals surface area (Å²) in [7, 11) is 0. The van der Waals surface area contributed by atoms with Gasteiger partial charge in [0.1, 0.15) is 12.4 Å². The van der Waals surface area contributed by atoms with Gasteiger partial charge in [0, 0.05) is 18.4 Å². The maximum Gasteiger partial charge on any atom is 0.142 e. The maximum absolute atomic E-state index is 5.83. The number of rotatable bonds is 5. The van der Waals surface area contributed by atoms with Crippen LogP contribution in [0.5, 0.6) is 5.75 Å². The van der Waals surface area contributed by atoms with Gasteiger partial charge in [-0.3, -0.25) is 9.67 Å². The summed E-state index contributed by atoms with van der Waals surface area (Å²) in [5, 5.41) is 4.62. The monoisotopic (exact) mass is 286 g/mol. The molecule has 2 aromatic rings. The molecule has 5 heteroatoms. The van der Waals surface area contributed by atoms with Crippen molar-refractivity contribution in [2.45, 2.75) is 51.8 Å². The van der Waals surface area contributed by atoms with E-state index >= 15 is 0 Å². The molecule has 0 atom stereocenters. The first-order valence-corrected chi connectivity index (χ1v) is 7.59. The molecule has 0 amide bonds. The topological polar surface area (TPSA) is 66.0 Å². The third kappa shape index (κ3) is 3.24. The Hall–Kier alpha value is -1.88. The van der Waals surface area contributed by atoms with E-state index < -0.39 is 0 Å². The summed E-state index contributed by atoms with van der Waals surface area (Å²) >= 11 is 0. The standard InChI is InChI=1S/C16H22N4O/c1-12-6-7-16(15(10-17)18-12)21-11-13-8-9-20(19-13)14-4-2-3-5-14/h6-9,14H,2-5,10-11,17H2,1H3. The van der Waals surface area contributed by atoms with E-state index in [1.54, 1.807) is 0 Å². The van der Waals surface area contributed by atoms with Gasteiger partial charge in [-0.2, -0.15) is 5.10 Å². The number of aryl methyl sites for hydroxylation is 1. The molecule has 2 N–H and O–H groups in total. The van der Waals surface area contributed by atoms with Crippen LogP contribution in [0.4, 0.5) is 0 Å². The van der Waals surface area contributed by atoms with E-state index in [0.29, 0.717) is 19.2 Å². The highest BCUT2D eigenvalue weighted by molar-refractivity contribution is 5.29. The lowest BCUT2D eigenvalue weighted by atomic mass is 10.3. The third-order valence-corrected chi connectivity index (χ3v) is 4.00. The van der Waals surface area contributed by atoms with Crippen molar-refractivity contribution in [3.63, 3.8) is 0 Å². The molecule has 1 aliphatic rings. The van der Waals surface area contributed by atoms with E-state index in [9.17, 15) is 0 Å². The van der Waals surface area contributed by atoms with Gasteiger partial charge in [-0.05, 0) is 38.0 Å². The molecule has 5 nitrogen and oxygen atoms in total. The molecule has 0 bridgehead atoms. The molecule has 0 aromatic carbocycles. The molecule has 0 spiro atoms. The Bertz CT molecular complexity index is 602. The molecule has 112 valence electrons. The van der Waals surface area contributed by atoms with Crippen LogP contribution in [0.1, 0.15) is 48.8 Å². The van der Waals surface area contributed by atoms with Crippen molar-refractivity contribution in [1.82, 2.24) is 14.8 Å². The zero-order chi connectivity index (χ0) is 14.7. The summed E-state index contributed by atoms with van der Waals surface area (Å²) in [5.41, 5.74) is 8.41. The number of nitrogens with zero attached hydrogens (tertiary/aromatic N) is 3. The van der Waals surface area contributed by atoms with Crippen molar-refractivity contribution in [3.8, 4) is 5.75 Å². The van der Waals surface area contributed by atoms with Crippen molar-refractivity contribution >= 4 is 0 Å². The molecule has 2 heterocycles. The van der Waals surface area contributed by atoms with E-state index in [2.05, 4.69) is 21.0 Å². The van der Waals surface area contributed by atoms with Gasteiger partial charge in [-0.15, -0.1) is 0 Å². The van der Waals surface area contributed by atoms with Crippen LogP contribution in [0.15, 0.2) is 24.4 Å². The minimum Gasteiger partial charge on any atom is -0.485 e. The van der Waals surface area contributed by atoms with Crippen LogP contribution in [0, 0.1) is 6.92 Å². The van der Waals surface area contributed by atoms with E-state index in [1.807, 2.05) is 25.1 Å². The zero-order valence-electron chi connectivity index (χ0n) is 12.5. The second kappa shape index (κ2) is 6.26. The molecule has 2 aromatic heterocycles. The minimum absolute atomic E-state index is 0.382. The lowest BCUT2D eigenvalue weighted by Crippen LogP contribution is -2.08. The average Bonchev–Trinajstić information content (AvgIpc) is 3.16. The Labute approximate surface area is 125 Å². The van der Waals surface area contributed by atoms with Crippen molar-refractivity contribution < 1.29 is 4.74 Å². The largest absolute Gasteiger partial charge is 0.485 e. The smallest absolute Gasteiger partial charge is 0.142 e. The first kappa shape index (κ1) is 14.1. The summed E-state index contributed by atoms with van der Waals surface area (Å²) in [5.74, 6) is 0.749. The minimum atomic E-state index is 0.382. The fourth-order valence-corrected chi connectivity index (χ4v) is 2.85. The fourth-order valence-electron chi connectivity index (χ4n) is 2.85. The molecule has 1 fully saturated rings. The highest BCUT2D eigenvalue weighted by Crippen LogP contribution is 2.28. The first-order valence-electron chi connectivity index (χ1n) is 7.59. The van der Waals surface area contributed by atoms with Crippen LogP contribution in [0.25, 0.3) is 0 Å². The van der Waals surface area contributed by atoms with E-state index in [0.717, 1.165) is 22.8 Å². The Balaban J connectivity index is 1.65. The molecular formula is C16H22N4O. The molecule has 3 rings (SSSR count). The molecule has 0 radical (unpaired) electrons. The quantitative estimate of drug-likeness (QED) is 0.917. The zero-order valence-corrected chi connectivity index (χ0v) is 12.5. The van der Waals surface area contributed by atoms with E-state index in [1.165, 1.54) is 25.7 Å². The van der Waals surface area contributed by atoms with Crippen molar-refractivity contribution in [1.29, 1.82) is 0 Å². The summed E-state index contributed by atoms with van der Waals surface area (Å²) in [6.07, 6.45) is 7.16. The number of ether oxygens (including phenoxy) is 1. The normalized spacial score (nSPS) is 15.5. The lowest BCUT2D eigenvalue weighted by molar-refractivity contribution is 0.293. The molecule has 1 aliphatic carbocycles. The van der Waals surface area contributed by atoms with E-state index in [4.69, 9.17) is 10.5 Å². The van der Waals surface area contributed by atoms with Crippen LogP contribution in [-0.2, 0) is 13.2 Å². The summed E-state index contributed by atoms with van der Waals surface area (Å²) < 4.78 is 7.91. The van der Waals surface area contributed by atoms with Crippen molar-refractivity contribution in [3.05, 3.63) is 41.5 Å². The Morgan fingerprint density at radius 3 is 2.86 bits per heavy atom. The summed E-state index contributed by atoms with van der Waals surface area (Å²) in [6.45, 7) is 2.79. The lowest BCUT2D eigenvalue weighted by Gasteiger charge is -2.10. The van der Waals surface area contributed by atoms with Crippen molar-refractivity contribution in [2.75, 3.05) is 0 Å². The van der Waals surface area contributed by atoms with Gasteiger partial charge in [-0.1, -0.05) is 12.8 Å². The van der Waals surface area contributed by atoms with Gasteiger partial charge in [0.25, 0.3) is 0 Å². The number of aromatic nitrogens is 3. The van der Waals surface area contributed by atoms with Crippen LogP contribution in [0.3, 0.4) is 0 Å². The molecule has 0 unspecified atom stereocenters. The number of pyridine rings is 1. The van der Waals surface area contributed by atoms with Gasteiger partial charge in [0.05, 0.1) is 17.4 Å². The molecular weight excluding hydrogens is 264 g/mol. The molecule has 0 saturated heterocycles.